The molecule has 0 saturated heterocycles. The number of ether oxygens (including phenoxy) is 2. The van der Waals surface area contributed by atoms with Gasteiger partial charge in [-0.15, -0.1) is 6.58 Å². The fourth-order valence-corrected chi connectivity index (χ4v) is 3.41. The van der Waals surface area contributed by atoms with Gasteiger partial charge in [0.05, 0.1) is 6.61 Å². The predicted octanol–water partition coefficient (Wildman–Crippen LogP) is 6.73. The average Bonchev–Trinajstić information content (AvgIpc) is 2.85. The number of benzene rings is 3. The van der Waals surface area contributed by atoms with Crippen molar-refractivity contribution in [1.29, 1.82) is 5.26 Å². The van der Waals surface area contributed by atoms with Crippen LogP contribution in [0.25, 0.3) is 6.08 Å². The van der Waals surface area contributed by atoms with E-state index in [1.165, 1.54) is 30.3 Å². The summed E-state index contributed by atoms with van der Waals surface area (Å²) >= 11 is 5.96. The first kappa shape index (κ1) is 25.5. The van der Waals surface area contributed by atoms with Crippen molar-refractivity contribution < 1.29 is 18.7 Å². The van der Waals surface area contributed by atoms with Crippen LogP contribution in [0.4, 0.5) is 10.1 Å². The minimum Gasteiger partial charge on any atom is -0.490 e. The number of nitrogens with one attached hydrogen (secondary N) is 1. The van der Waals surface area contributed by atoms with Crippen LogP contribution < -0.4 is 14.8 Å². The molecule has 178 valence electrons. The Kier molecular flexibility index (Phi) is 9.05. The number of halogens is 2. The molecule has 3 aromatic rings. The normalized spacial score (nSPS) is 10.9. The van der Waals surface area contributed by atoms with Gasteiger partial charge in [0.25, 0.3) is 5.91 Å². The van der Waals surface area contributed by atoms with Crippen LogP contribution in [0.15, 0.2) is 78.9 Å². The third kappa shape index (κ3) is 7.20. The number of hydrogen-bond donors (Lipinski definition) is 1. The van der Waals surface area contributed by atoms with E-state index in [-0.39, 0.29) is 5.57 Å². The van der Waals surface area contributed by atoms with E-state index in [9.17, 15) is 14.4 Å². The van der Waals surface area contributed by atoms with Gasteiger partial charge in [-0.2, -0.15) is 5.26 Å². The molecule has 5 nitrogen and oxygen atoms in total. The third-order valence-electron chi connectivity index (χ3n) is 4.89. The highest BCUT2D eigenvalue weighted by Crippen LogP contribution is 2.35. The van der Waals surface area contributed by atoms with E-state index in [0.717, 1.165) is 11.1 Å². The first-order valence-corrected chi connectivity index (χ1v) is 11.3. The lowest BCUT2D eigenvalue weighted by molar-refractivity contribution is -0.112. The van der Waals surface area contributed by atoms with E-state index in [1.807, 2.05) is 31.2 Å². The zero-order chi connectivity index (χ0) is 25.2. The maximum Gasteiger partial charge on any atom is 0.266 e. The van der Waals surface area contributed by atoms with E-state index in [0.29, 0.717) is 47.4 Å². The summed E-state index contributed by atoms with van der Waals surface area (Å²) in [6, 6.07) is 18.1. The van der Waals surface area contributed by atoms with Gasteiger partial charge in [-0.3, -0.25) is 4.79 Å². The number of carbonyl (C=O) groups excluding carboxylic acids is 1. The predicted molar refractivity (Wildman–Crippen MR) is 136 cm³/mol. The molecule has 0 aliphatic rings. The van der Waals surface area contributed by atoms with Crippen LogP contribution in [0, 0.1) is 17.1 Å². The number of carbonyl (C=O) groups is 1. The Morgan fingerprint density at radius 1 is 1.14 bits per heavy atom. The van der Waals surface area contributed by atoms with Crippen LogP contribution in [0.1, 0.15) is 23.6 Å². The molecule has 3 rings (SSSR count). The molecule has 0 aliphatic heterocycles. The first-order chi connectivity index (χ1) is 16.9. The SMILES string of the molecule is C=CCc1cc(/C=C(\C#N)C(=O)Nc2ccc(F)cc2)cc(OCC)c1OCc1ccc(Cl)cc1. The molecular weight excluding hydrogens is 467 g/mol. The lowest BCUT2D eigenvalue weighted by Crippen LogP contribution is -2.13. The highest BCUT2D eigenvalue weighted by molar-refractivity contribution is 6.30. The van der Waals surface area contributed by atoms with Gasteiger partial charge in [-0.25, -0.2) is 4.39 Å². The maximum absolute atomic E-state index is 13.1. The molecule has 0 saturated carbocycles. The van der Waals surface area contributed by atoms with Gasteiger partial charge in [-0.1, -0.05) is 29.8 Å². The summed E-state index contributed by atoms with van der Waals surface area (Å²) in [5, 5.41) is 12.8. The Morgan fingerprint density at radius 3 is 2.49 bits per heavy atom. The summed E-state index contributed by atoms with van der Waals surface area (Å²) in [5.41, 5.74) is 2.59. The van der Waals surface area contributed by atoms with E-state index < -0.39 is 11.7 Å². The van der Waals surface area contributed by atoms with Gasteiger partial charge in [0.1, 0.15) is 24.1 Å². The summed E-state index contributed by atoms with van der Waals surface area (Å²) in [6.45, 7) is 6.38. The Balaban J connectivity index is 1.91. The van der Waals surface area contributed by atoms with Crippen molar-refractivity contribution in [1.82, 2.24) is 0 Å². The fourth-order valence-electron chi connectivity index (χ4n) is 3.28. The number of nitriles is 1. The van der Waals surface area contributed by atoms with Gasteiger partial charge in [-0.05, 0) is 79.1 Å². The molecule has 0 bridgehead atoms. The number of amides is 1. The number of hydrogen-bond acceptors (Lipinski definition) is 4. The molecule has 0 heterocycles. The number of nitrogens with zero attached hydrogens (tertiary/aromatic N) is 1. The monoisotopic (exact) mass is 490 g/mol. The van der Waals surface area contributed by atoms with Crippen LogP contribution in [-0.4, -0.2) is 12.5 Å². The zero-order valence-corrected chi connectivity index (χ0v) is 19.9. The highest BCUT2D eigenvalue weighted by atomic mass is 35.5. The molecule has 0 aliphatic carbocycles. The molecular formula is C28H24ClFN2O3. The number of anilines is 1. The Labute approximate surface area is 209 Å². The molecule has 1 N–H and O–H groups in total. The lowest BCUT2D eigenvalue weighted by Gasteiger charge is -2.17. The van der Waals surface area contributed by atoms with Gasteiger partial charge < -0.3 is 14.8 Å². The molecule has 0 aromatic heterocycles. The summed E-state index contributed by atoms with van der Waals surface area (Å²) in [6.07, 6.45) is 3.69. The number of rotatable bonds is 10. The van der Waals surface area contributed by atoms with Crippen molar-refractivity contribution in [2.24, 2.45) is 0 Å². The molecule has 0 atom stereocenters. The van der Waals surface area contributed by atoms with Crippen LogP contribution in [0.2, 0.25) is 5.02 Å². The van der Waals surface area contributed by atoms with Crippen molar-refractivity contribution >= 4 is 29.3 Å². The van der Waals surface area contributed by atoms with Gasteiger partial charge >= 0.3 is 0 Å². The fraction of sp³-hybridized carbons (Fsp3) is 0.143. The summed E-state index contributed by atoms with van der Waals surface area (Å²) in [7, 11) is 0. The first-order valence-electron chi connectivity index (χ1n) is 10.9. The summed E-state index contributed by atoms with van der Waals surface area (Å²) in [5.74, 6) is 0.0254. The Morgan fingerprint density at radius 2 is 1.86 bits per heavy atom. The maximum atomic E-state index is 13.1. The second kappa shape index (κ2) is 12.4. The smallest absolute Gasteiger partial charge is 0.266 e. The van der Waals surface area contributed by atoms with Crippen LogP contribution >= 0.6 is 11.6 Å². The molecule has 3 aromatic carbocycles. The third-order valence-corrected chi connectivity index (χ3v) is 5.14. The van der Waals surface area contributed by atoms with E-state index >= 15 is 0 Å². The zero-order valence-electron chi connectivity index (χ0n) is 19.2. The minimum atomic E-state index is -0.606. The van der Waals surface area contributed by atoms with Crippen molar-refractivity contribution in [2.75, 3.05) is 11.9 Å². The summed E-state index contributed by atoms with van der Waals surface area (Å²) < 4.78 is 25.1. The van der Waals surface area contributed by atoms with Crippen LogP contribution in [0.3, 0.4) is 0 Å². The quantitative estimate of drug-likeness (QED) is 0.194. The largest absolute Gasteiger partial charge is 0.490 e. The van der Waals surface area contributed by atoms with Gasteiger partial charge in [0.2, 0.25) is 0 Å². The second-order valence-corrected chi connectivity index (χ2v) is 7.92. The Hall–Kier alpha value is -4.08. The number of allylic oxidation sites excluding steroid dienone is 1. The Bertz CT molecular complexity index is 1260. The standard InChI is InChI=1S/C28H24ClFN2O3/c1-3-5-21-14-20(15-22(17-31)28(33)32-25-12-10-24(30)11-13-25)16-26(34-4-2)27(21)35-18-19-6-8-23(29)9-7-19/h3,6-16H,1,4-5,18H2,2H3,(H,32,33)/b22-15+. The summed E-state index contributed by atoms with van der Waals surface area (Å²) in [4.78, 5) is 12.6. The van der Waals surface area contributed by atoms with E-state index in [4.69, 9.17) is 21.1 Å². The highest BCUT2D eigenvalue weighted by Gasteiger charge is 2.15. The molecule has 0 radical (unpaired) electrons. The van der Waals surface area contributed by atoms with Crippen molar-refractivity contribution in [3.63, 3.8) is 0 Å². The minimum absolute atomic E-state index is 0.115. The van der Waals surface area contributed by atoms with Crippen LogP contribution in [0.5, 0.6) is 11.5 Å². The molecule has 0 fully saturated rings. The van der Waals surface area contributed by atoms with Gasteiger partial charge in [0, 0.05) is 16.3 Å². The molecule has 7 heteroatoms. The average molecular weight is 491 g/mol. The van der Waals surface area contributed by atoms with Gasteiger partial charge in [0.15, 0.2) is 11.5 Å². The molecule has 35 heavy (non-hydrogen) atoms. The van der Waals surface area contributed by atoms with Crippen molar-refractivity contribution in [3.8, 4) is 17.6 Å². The molecule has 0 unspecified atom stereocenters. The second-order valence-electron chi connectivity index (χ2n) is 7.48. The molecule has 0 spiro atoms. The van der Waals surface area contributed by atoms with E-state index in [1.54, 1.807) is 24.3 Å². The molecule has 1 amide bonds. The lowest BCUT2D eigenvalue weighted by atomic mass is 10.0. The van der Waals surface area contributed by atoms with Crippen molar-refractivity contribution in [2.45, 2.75) is 20.0 Å². The van der Waals surface area contributed by atoms with E-state index in [2.05, 4.69) is 11.9 Å². The topological polar surface area (TPSA) is 71.4 Å². The van der Waals surface area contributed by atoms with Crippen molar-refractivity contribution in [3.05, 3.63) is 106 Å². The van der Waals surface area contributed by atoms with Crippen LogP contribution in [-0.2, 0) is 17.8 Å².